The van der Waals surface area contributed by atoms with Gasteiger partial charge in [0.2, 0.25) is 5.91 Å². The molecule has 1 fully saturated rings. The summed E-state index contributed by atoms with van der Waals surface area (Å²) in [6, 6.07) is 0.322. The monoisotopic (exact) mass is 213 g/mol. The van der Waals surface area contributed by atoms with E-state index in [0.29, 0.717) is 6.04 Å². The number of carbonyl (C=O) groups is 1. The summed E-state index contributed by atoms with van der Waals surface area (Å²) < 4.78 is 0. The van der Waals surface area contributed by atoms with Gasteiger partial charge in [-0.05, 0) is 33.1 Å². The Labute approximate surface area is 89.9 Å². The molecule has 0 saturated heterocycles. The zero-order valence-corrected chi connectivity index (χ0v) is 9.53. The molecular formula is C10H19N3O2. The topological polar surface area (TPSA) is 78.9 Å². The molecule has 0 aromatic rings. The fourth-order valence-corrected chi connectivity index (χ4v) is 1.62. The molecule has 0 aromatic carbocycles. The second-order valence-corrected chi connectivity index (χ2v) is 4.61. The van der Waals surface area contributed by atoms with Crippen LogP contribution in [0.3, 0.4) is 0 Å². The van der Waals surface area contributed by atoms with Crippen LogP contribution in [0.4, 0.5) is 0 Å². The van der Waals surface area contributed by atoms with Gasteiger partial charge in [-0.15, -0.1) is 0 Å². The minimum absolute atomic E-state index is 0.0429. The molecule has 0 unspecified atom stereocenters. The lowest BCUT2D eigenvalue weighted by Gasteiger charge is -2.38. The molecule has 0 aliphatic heterocycles. The smallest absolute Gasteiger partial charge is 0.235 e. The van der Waals surface area contributed by atoms with Crippen LogP contribution >= 0.6 is 0 Å². The van der Waals surface area contributed by atoms with Crippen molar-refractivity contribution < 1.29 is 10.0 Å². The third-order valence-electron chi connectivity index (χ3n) is 3.23. The molecular weight excluding hydrogens is 194 g/mol. The van der Waals surface area contributed by atoms with Gasteiger partial charge in [0, 0.05) is 13.1 Å². The standard InChI is InChI=1S/C10H19N3O2/c1-10(2,8(11)12-15)9(14)13(3)7-5-4-6-7/h7,15H,4-6H2,1-3H3,(H2,11,12). The summed E-state index contributed by atoms with van der Waals surface area (Å²) in [7, 11) is 1.78. The number of amides is 1. The highest BCUT2D eigenvalue weighted by Gasteiger charge is 2.38. The fourth-order valence-electron chi connectivity index (χ4n) is 1.62. The highest BCUT2D eigenvalue weighted by Crippen LogP contribution is 2.28. The maximum absolute atomic E-state index is 12.1. The molecule has 1 saturated carbocycles. The van der Waals surface area contributed by atoms with Gasteiger partial charge >= 0.3 is 0 Å². The minimum Gasteiger partial charge on any atom is -0.409 e. The molecule has 5 nitrogen and oxygen atoms in total. The highest BCUT2D eigenvalue weighted by molar-refractivity contribution is 6.05. The van der Waals surface area contributed by atoms with Crippen molar-refractivity contribution in [3.8, 4) is 0 Å². The van der Waals surface area contributed by atoms with Crippen LogP contribution < -0.4 is 5.73 Å². The van der Waals surface area contributed by atoms with Crippen molar-refractivity contribution in [3.05, 3.63) is 0 Å². The minimum atomic E-state index is -0.931. The lowest BCUT2D eigenvalue weighted by atomic mass is 9.86. The Morgan fingerprint density at radius 3 is 2.40 bits per heavy atom. The average Bonchev–Trinajstić information content (AvgIpc) is 2.12. The summed E-state index contributed by atoms with van der Waals surface area (Å²) in [6.07, 6.45) is 3.27. The molecule has 1 amide bonds. The SMILES string of the molecule is CN(C(=O)C(C)(C)C(N)=NO)C1CCC1. The molecule has 3 N–H and O–H groups in total. The largest absolute Gasteiger partial charge is 0.409 e. The van der Waals surface area contributed by atoms with Crippen LogP contribution in [0.25, 0.3) is 0 Å². The lowest BCUT2D eigenvalue weighted by molar-refractivity contribution is -0.139. The first kappa shape index (κ1) is 11.8. The van der Waals surface area contributed by atoms with Crippen LogP contribution in [0, 0.1) is 5.41 Å². The number of carbonyl (C=O) groups excluding carboxylic acids is 1. The summed E-state index contributed by atoms with van der Waals surface area (Å²) in [5, 5.41) is 11.5. The number of rotatable bonds is 3. The number of hydrogen-bond acceptors (Lipinski definition) is 3. The zero-order valence-electron chi connectivity index (χ0n) is 9.53. The van der Waals surface area contributed by atoms with Crippen molar-refractivity contribution >= 4 is 11.7 Å². The molecule has 0 heterocycles. The van der Waals surface area contributed by atoms with E-state index in [9.17, 15) is 4.79 Å². The highest BCUT2D eigenvalue weighted by atomic mass is 16.4. The molecule has 5 heteroatoms. The van der Waals surface area contributed by atoms with Crippen LogP contribution in [-0.4, -0.2) is 34.9 Å². The van der Waals surface area contributed by atoms with E-state index in [1.54, 1.807) is 25.8 Å². The van der Waals surface area contributed by atoms with Crippen LogP contribution in [0.1, 0.15) is 33.1 Å². The lowest BCUT2D eigenvalue weighted by Crippen LogP contribution is -2.51. The summed E-state index contributed by atoms with van der Waals surface area (Å²) in [4.78, 5) is 13.8. The maximum atomic E-state index is 12.1. The van der Waals surface area contributed by atoms with E-state index in [-0.39, 0.29) is 11.7 Å². The maximum Gasteiger partial charge on any atom is 0.235 e. The Hall–Kier alpha value is -1.26. The Morgan fingerprint density at radius 1 is 1.53 bits per heavy atom. The molecule has 0 bridgehead atoms. The van der Waals surface area contributed by atoms with Crippen molar-refractivity contribution in [1.29, 1.82) is 0 Å². The summed E-state index contributed by atoms with van der Waals surface area (Å²) in [5.74, 6) is -0.138. The first-order valence-corrected chi connectivity index (χ1v) is 5.16. The third kappa shape index (κ3) is 2.06. The van der Waals surface area contributed by atoms with Gasteiger partial charge in [-0.3, -0.25) is 4.79 Å². The number of amidine groups is 1. The second-order valence-electron chi connectivity index (χ2n) is 4.61. The van der Waals surface area contributed by atoms with Crippen LogP contribution in [0.15, 0.2) is 5.16 Å². The number of nitrogens with zero attached hydrogens (tertiary/aromatic N) is 2. The van der Waals surface area contributed by atoms with E-state index in [2.05, 4.69) is 5.16 Å². The third-order valence-corrected chi connectivity index (χ3v) is 3.23. The second kappa shape index (κ2) is 4.08. The van der Waals surface area contributed by atoms with Crippen LogP contribution in [-0.2, 0) is 4.79 Å². The quantitative estimate of drug-likeness (QED) is 0.314. The number of hydrogen-bond donors (Lipinski definition) is 2. The Balaban J connectivity index is 2.73. The molecule has 0 spiro atoms. The molecule has 0 atom stereocenters. The Kier molecular flexibility index (Phi) is 3.21. The van der Waals surface area contributed by atoms with E-state index >= 15 is 0 Å². The molecule has 86 valence electrons. The van der Waals surface area contributed by atoms with Crippen molar-refractivity contribution in [2.75, 3.05) is 7.05 Å². The van der Waals surface area contributed by atoms with Gasteiger partial charge in [0.1, 0.15) is 5.41 Å². The Morgan fingerprint density at radius 2 is 2.07 bits per heavy atom. The molecule has 1 aliphatic rings. The van der Waals surface area contributed by atoms with E-state index in [1.165, 1.54) is 6.42 Å². The van der Waals surface area contributed by atoms with Crippen molar-refractivity contribution in [2.24, 2.45) is 16.3 Å². The van der Waals surface area contributed by atoms with Gasteiger partial charge < -0.3 is 15.8 Å². The van der Waals surface area contributed by atoms with E-state index in [0.717, 1.165) is 12.8 Å². The molecule has 1 rings (SSSR count). The summed E-state index contributed by atoms with van der Waals surface area (Å²) >= 11 is 0. The fraction of sp³-hybridized carbons (Fsp3) is 0.800. The van der Waals surface area contributed by atoms with Gasteiger partial charge in [0.15, 0.2) is 5.84 Å². The molecule has 0 radical (unpaired) electrons. The van der Waals surface area contributed by atoms with Crippen molar-refractivity contribution in [1.82, 2.24) is 4.90 Å². The summed E-state index contributed by atoms with van der Waals surface area (Å²) in [5.41, 5.74) is 4.57. The molecule has 1 aliphatic carbocycles. The number of nitrogens with two attached hydrogens (primary N) is 1. The predicted octanol–water partition coefficient (Wildman–Crippen LogP) is 0.770. The first-order valence-electron chi connectivity index (χ1n) is 5.16. The summed E-state index contributed by atoms with van der Waals surface area (Å²) in [6.45, 7) is 3.33. The van der Waals surface area contributed by atoms with E-state index < -0.39 is 5.41 Å². The van der Waals surface area contributed by atoms with Gasteiger partial charge in [-0.2, -0.15) is 0 Å². The van der Waals surface area contributed by atoms with Gasteiger partial charge in [-0.1, -0.05) is 5.16 Å². The van der Waals surface area contributed by atoms with Gasteiger partial charge in [0.25, 0.3) is 0 Å². The van der Waals surface area contributed by atoms with E-state index in [4.69, 9.17) is 10.9 Å². The normalized spacial score (nSPS) is 18.5. The zero-order chi connectivity index (χ0) is 11.6. The van der Waals surface area contributed by atoms with Crippen molar-refractivity contribution in [2.45, 2.75) is 39.2 Å². The van der Waals surface area contributed by atoms with Gasteiger partial charge in [0.05, 0.1) is 0 Å². The Bertz CT molecular complexity index is 282. The van der Waals surface area contributed by atoms with Crippen LogP contribution in [0.5, 0.6) is 0 Å². The number of oxime groups is 1. The predicted molar refractivity (Wildman–Crippen MR) is 57.6 cm³/mol. The molecule has 0 aromatic heterocycles. The molecule has 15 heavy (non-hydrogen) atoms. The average molecular weight is 213 g/mol. The van der Waals surface area contributed by atoms with Gasteiger partial charge in [-0.25, -0.2) is 0 Å². The first-order chi connectivity index (χ1) is 6.91. The van der Waals surface area contributed by atoms with Crippen LogP contribution in [0.2, 0.25) is 0 Å². The van der Waals surface area contributed by atoms with Crippen molar-refractivity contribution in [3.63, 3.8) is 0 Å². The van der Waals surface area contributed by atoms with E-state index in [1.807, 2.05) is 0 Å².